The molecule has 0 heterocycles. The molecular weight excluding hydrogens is 235 g/mol. The van der Waals surface area contributed by atoms with E-state index in [2.05, 4.69) is 6.58 Å². The SMILES string of the molecule is C=C/C=C\C(=C/C)C1C(C(=O)O)C1(Cl)Cl. The summed E-state index contributed by atoms with van der Waals surface area (Å²) in [6, 6.07) is 0. The molecule has 1 aliphatic carbocycles. The van der Waals surface area contributed by atoms with Crippen molar-refractivity contribution in [2.75, 3.05) is 0 Å². The van der Waals surface area contributed by atoms with Crippen LogP contribution in [0.25, 0.3) is 0 Å². The first-order valence-electron chi connectivity index (χ1n) is 4.52. The highest BCUT2D eigenvalue weighted by atomic mass is 35.5. The molecule has 2 nitrogen and oxygen atoms in total. The van der Waals surface area contributed by atoms with Gasteiger partial charge in [0.05, 0.1) is 5.92 Å². The number of hydrogen-bond donors (Lipinski definition) is 1. The van der Waals surface area contributed by atoms with Crippen molar-refractivity contribution in [1.29, 1.82) is 0 Å². The number of hydrogen-bond acceptors (Lipinski definition) is 1. The van der Waals surface area contributed by atoms with Crippen molar-refractivity contribution in [2.24, 2.45) is 11.8 Å². The first-order valence-corrected chi connectivity index (χ1v) is 5.28. The van der Waals surface area contributed by atoms with Crippen molar-refractivity contribution in [3.05, 3.63) is 36.5 Å². The van der Waals surface area contributed by atoms with Gasteiger partial charge in [-0.25, -0.2) is 0 Å². The number of rotatable bonds is 4. The molecule has 0 bridgehead atoms. The number of allylic oxidation sites excluding steroid dienone is 5. The Kier molecular flexibility index (Phi) is 3.63. The molecule has 0 saturated heterocycles. The summed E-state index contributed by atoms with van der Waals surface area (Å²) in [7, 11) is 0. The Morgan fingerprint density at radius 2 is 2.07 bits per heavy atom. The maximum absolute atomic E-state index is 10.8. The summed E-state index contributed by atoms with van der Waals surface area (Å²) in [6.45, 7) is 5.36. The van der Waals surface area contributed by atoms with Crippen LogP contribution in [0.15, 0.2) is 36.5 Å². The lowest BCUT2D eigenvalue weighted by atomic mass is 10.1. The van der Waals surface area contributed by atoms with Crippen LogP contribution in [0.4, 0.5) is 0 Å². The van der Waals surface area contributed by atoms with E-state index in [0.29, 0.717) is 0 Å². The first-order chi connectivity index (χ1) is 6.96. The number of halogens is 2. The van der Waals surface area contributed by atoms with E-state index < -0.39 is 16.2 Å². The molecule has 2 unspecified atom stereocenters. The smallest absolute Gasteiger partial charge is 0.310 e. The van der Waals surface area contributed by atoms with Crippen LogP contribution in [0.5, 0.6) is 0 Å². The molecule has 1 N–H and O–H groups in total. The van der Waals surface area contributed by atoms with Crippen LogP contribution in [-0.4, -0.2) is 15.4 Å². The van der Waals surface area contributed by atoms with Crippen molar-refractivity contribution in [1.82, 2.24) is 0 Å². The molecule has 0 aromatic carbocycles. The maximum atomic E-state index is 10.8. The van der Waals surface area contributed by atoms with Crippen LogP contribution in [0, 0.1) is 11.8 Å². The summed E-state index contributed by atoms with van der Waals surface area (Å²) in [5, 5.41) is 8.89. The Hall–Kier alpha value is -0.730. The summed E-state index contributed by atoms with van der Waals surface area (Å²) in [5.74, 6) is -2.02. The molecule has 0 amide bonds. The third-order valence-electron chi connectivity index (χ3n) is 2.44. The van der Waals surface area contributed by atoms with Gasteiger partial charge in [0.25, 0.3) is 0 Å². The first kappa shape index (κ1) is 12.3. The van der Waals surface area contributed by atoms with Gasteiger partial charge in [0.15, 0.2) is 0 Å². The lowest BCUT2D eigenvalue weighted by molar-refractivity contribution is -0.138. The quantitative estimate of drug-likeness (QED) is 0.611. The molecule has 1 fully saturated rings. The number of carbonyl (C=O) groups is 1. The molecule has 1 aliphatic rings. The Morgan fingerprint density at radius 1 is 1.47 bits per heavy atom. The fourth-order valence-corrected chi connectivity index (χ4v) is 2.42. The molecule has 0 radical (unpaired) electrons. The van der Waals surface area contributed by atoms with Gasteiger partial charge in [0, 0.05) is 5.92 Å². The monoisotopic (exact) mass is 246 g/mol. The van der Waals surface area contributed by atoms with E-state index in [-0.39, 0.29) is 5.92 Å². The van der Waals surface area contributed by atoms with Gasteiger partial charge in [-0.15, -0.1) is 0 Å². The predicted octanol–water partition coefficient (Wildman–Crippen LogP) is 3.18. The third kappa shape index (κ3) is 2.27. The minimum atomic E-state index is -1.18. The highest BCUT2D eigenvalue weighted by Gasteiger charge is 2.68. The Morgan fingerprint density at radius 3 is 2.40 bits per heavy atom. The van der Waals surface area contributed by atoms with Gasteiger partial charge < -0.3 is 5.11 Å². The molecule has 2 atom stereocenters. The van der Waals surface area contributed by atoms with E-state index in [1.54, 1.807) is 18.2 Å². The van der Waals surface area contributed by atoms with Gasteiger partial charge in [0.2, 0.25) is 0 Å². The fourth-order valence-electron chi connectivity index (χ4n) is 1.61. The van der Waals surface area contributed by atoms with Crippen molar-refractivity contribution in [3.8, 4) is 0 Å². The molecule has 4 heteroatoms. The maximum Gasteiger partial charge on any atom is 0.310 e. The minimum absolute atomic E-state index is 0.334. The molecule has 1 saturated carbocycles. The van der Waals surface area contributed by atoms with Gasteiger partial charge >= 0.3 is 5.97 Å². The summed E-state index contributed by atoms with van der Waals surface area (Å²) in [4.78, 5) is 10.8. The molecular formula is C11H12Cl2O2. The van der Waals surface area contributed by atoms with E-state index in [1.165, 1.54) is 0 Å². The largest absolute Gasteiger partial charge is 0.481 e. The zero-order valence-corrected chi connectivity index (χ0v) is 9.79. The average molecular weight is 247 g/mol. The van der Waals surface area contributed by atoms with Crippen molar-refractivity contribution >= 4 is 29.2 Å². The Balaban J connectivity index is 2.86. The fraction of sp³-hybridized carbons (Fsp3) is 0.364. The van der Waals surface area contributed by atoms with Gasteiger partial charge in [-0.05, 0) is 12.5 Å². The minimum Gasteiger partial charge on any atom is -0.481 e. The molecule has 15 heavy (non-hydrogen) atoms. The van der Waals surface area contributed by atoms with E-state index in [9.17, 15) is 4.79 Å². The van der Waals surface area contributed by atoms with Crippen LogP contribution >= 0.6 is 23.2 Å². The second-order valence-corrected chi connectivity index (χ2v) is 4.80. The van der Waals surface area contributed by atoms with Gasteiger partial charge in [-0.3, -0.25) is 4.79 Å². The number of carboxylic acid groups (broad SMARTS) is 1. The number of alkyl halides is 2. The topological polar surface area (TPSA) is 37.3 Å². The zero-order valence-electron chi connectivity index (χ0n) is 8.28. The molecule has 0 spiro atoms. The zero-order chi connectivity index (χ0) is 11.6. The lowest BCUT2D eigenvalue weighted by Crippen LogP contribution is -2.03. The van der Waals surface area contributed by atoms with E-state index >= 15 is 0 Å². The molecule has 0 aromatic rings. The van der Waals surface area contributed by atoms with E-state index in [1.807, 2.05) is 13.0 Å². The lowest BCUT2D eigenvalue weighted by Gasteiger charge is -1.98. The highest BCUT2D eigenvalue weighted by Crippen LogP contribution is 2.62. The van der Waals surface area contributed by atoms with E-state index in [0.717, 1.165) is 5.57 Å². The molecule has 0 aromatic heterocycles. The second kappa shape index (κ2) is 4.42. The van der Waals surface area contributed by atoms with Crippen LogP contribution in [0.2, 0.25) is 0 Å². The van der Waals surface area contributed by atoms with Crippen LogP contribution in [-0.2, 0) is 4.79 Å². The van der Waals surface area contributed by atoms with Gasteiger partial charge in [-0.2, -0.15) is 0 Å². The predicted molar refractivity (Wildman–Crippen MR) is 62.1 cm³/mol. The Labute approximate surface area is 98.9 Å². The van der Waals surface area contributed by atoms with Crippen molar-refractivity contribution < 1.29 is 9.90 Å². The summed E-state index contributed by atoms with van der Waals surface area (Å²) in [6.07, 6.45) is 6.94. The number of carboxylic acids is 1. The summed E-state index contributed by atoms with van der Waals surface area (Å²) < 4.78 is -1.18. The van der Waals surface area contributed by atoms with Gasteiger partial charge in [-0.1, -0.05) is 54.1 Å². The molecule has 82 valence electrons. The normalized spacial score (nSPS) is 29.1. The van der Waals surface area contributed by atoms with Crippen molar-refractivity contribution in [2.45, 2.75) is 11.3 Å². The molecule has 0 aliphatic heterocycles. The standard InChI is InChI=1S/C11H12Cl2O2/c1-3-5-6-7(4-2)8-9(10(14)15)11(8,12)13/h3-6,8-9H,1H2,2H3,(H,14,15)/b6-5-,7-4+. The summed E-state index contributed by atoms with van der Waals surface area (Å²) >= 11 is 11.8. The number of aliphatic carboxylic acids is 1. The second-order valence-electron chi connectivity index (χ2n) is 3.35. The van der Waals surface area contributed by atoms with Crippen LogP contribution in [0.1, 0.15) is 6.92 Å². The van der Waals surface area contributed by atoms with Crippen molar-refractivity contribution in [3.63, 3.8) is 0 Å². The average Bonchev–Trinajstić information content (AvgIpc) is 2.71. The summed E-state index contributed by atoms with van der Waals surface area (Å²) in [5.41, 5.74) is 0.826. The molecule has 1 rings (SSSR count). The van der Waals surface area contributed by atoms with Crippen LogP contribution in [0.3, 0.4) is 0 Å². The van der Waals surface area contributed by atoms with Gasteiger partial charge in [0.1, 0.15) is 4.33 Å². The third-order valence-corrected chi connectivity index (χ3v) is 3.38. The van der Waals surface area contributed by atoms with E-state index in [4.69, 9.17) is 28.3 Å². The highest BCUT2D eigenvalue weighted by molar-refractivity contribution is 6.53. The Bertz CT molecular complexity index is 342. The van der Waals surface area contributed by atoms with Crippen LogP contribution < -0.4 is 0 Å².